The fraction of sp³-hybridized carbons (Fsp3) is 0.689. The second-order valence-electron chi connectivity index (χ2n) is 16.8. The molecule has 12 N–H and O–H groups in total. The van der Waals surface area contributed by atoms with Crippen molar-refractivity contribution in [2.75, 3.05) is 13.1 Å². The van der Waals surface area contributed by atoms with Gasteiger partial charge in [0.15, 0.2) is 0 Å². The number of aromatic amines is 1. The first kappa shape index (κ1) is 51.8. The third kappa shape index (κ3) is 23.4. The summed E-state index contributed by atoms with van der Waals surface area (Å²) in [6, 6.07) is 6.88. The molecule has 0 spiro atoms. The maximum atomic E-state index is 13.5. The zero-order valence-electron chi connectivity index (χ0n) is 36.9. The van der Waals surface area contributed by atoms with Gasteiger partial charge in [0.05, 0.1) is 0 Å². The Kier molecular flexibility index (Phi) is 25.7. The lowest BCUT2D eigenvalue weighted by Crippen LogP contribution is -2.40. The Balaban J connectivity index is 1.92. The van der Waals surface area contributed by atoms with E-state index in [0.29, 0.717) is 77.3 Å². The maximum absolute atomic E-state index is 13.5. The third-order valence-corrected chi connectivity index (χ3v) is 10.8. The molecule has 60 heavy (non-hydrogen) atoms. The number of hydrogen-bond donors (Lipinski definition) is 9. The largest absolute Gasteiger partial charge is 0.361 e. The van der Waals surface area contributed by atoms with E-state index in [9.17, 15) is 28.8 Å². The number of carbonyl (C=O) groups is 6. The lowest BCUT2D eigenvalue weighted by Gasteiger charge is -2.22. The quantitative estimate of drug-likeness (QED) is 0.0470. The molecule has 0 aliphatic rings. The van der Waals surface area contributed by atoms with E-state index in [1.165, 1.54) is 6.92 Å². The second-order valence-corrected chi connectivity index (χ2v) is 16.8. The normalized spacial score (nSPS) is 14.3. The molecule has 15 nitrogen and oxygen atoms in total. The van der Waals surface area contributed by atoms with Crippen molar-refractivity contribution in [3.8, 4) is 0 Å². The number of Topliss-reactive ketones (excluding diaryl/α,β-unsaturated/α-hetero) is 1. The average molecular weight is 840 g/mol. The number of hydrogen-bond acceptors (Lipinski definition) is 9. The first-order valence-corrected chi connectivity index (χ1v) is 22.4. The van der Waals surface area contributed by atoms with E-state index in [1.807, 2.05) is 51.2 Å². The lowest BCUT2D eigenvalue weighted by molar-refractivity contribution is -0.125. The molecule has 1 aromatic carbocycles. The second kappa shape index (κ2) is 29.8. The molecule has 1 aromatic heterocycles. The molecule has 0 saturated carbocycles. The van der Waals surface area contributed by atoms with Gasteiger partial charge in [0.25, 0.3) is 0 Å². The first-order chi connectivity index (χ1) is 28.7. The van der Waals surface area contributed by atoms with Gasteiger partial charge in [-0.3, -0.25) is 24.0 Å². The summed E-state index contributed by atoms with van der Waals surface area (Å²) in [5.74, 6) is -0.551. The molecule has 15 heteroatoms. The van der Waals surface area contributed by atoms with Gasteiger partial charge in [-0.2, -0.15) is 0 Å². The Labute approximate surface area is 358 Å². The highest BCUT2D eigenvalue weighted by Crippen LogP contribution is 2.21. The number of fused-ring (bicyclic) bond motifs is 1. The van der Waals surface area contributed by atoms with Crippen LogP contribution in [-0.4, -0.2) is 89.6 Å². The van der Waals surface area contributed by atoms with Gasteiger partial charge in [-0.25, -0.2) is 0 Å². The van der Waals surface area contributed by atoms with Crippen LogP contribution in [0.15, 0.2) is 30.5 Å². The Morgan fingerprint density at radius 2 is 0.983 bits per heavy atom. The predicted molar refractivity (Wildman–Crippen MR) is 239 cm³/mol. The van der Waals surface area contributed by atoms with E-state index < -0.39 is 0 Å². The summed E-state index contributed by atoms with van der Waals surface area (Å²) >= 11 is 0. The number of unbranched alkanes of at least 4 members (excludes halogenated alkanes) is 2. The zero-order valence-corrected chi connectivity index (χ0v) is 36.9. The smallest absolute Gasteiger partial charge is 0.220 e. The molecular weight excluding hydrogens is 763 g/mol. The SMILES string of the molecule is CC(=O)CC[C@H](C)NC(=O)CC[C@H](Cc1c[nH]c2ccccc12)NC(=O)CC[C@H](CCCCN)NC(=O)CC[C@H](C)NC(=O)CC[C@H](CCCCN)NC(=O)CC[C@H](C)N. The fourth-order valence-electron chi connectivity index (χ4n) is 7.22. The third-order valence-electron chi connectivity index (χ3n) is 10.8. The number of carbonyl (C=O) groups excluding carboxylic acids is 6. The number of ketones is 1. The van der Waals surface area contributed by atoms with Gasteiger partial charge in [0.1, 0.15) is 5.78 Å². The number of nitrogens with one attached hydrogen (secondary N) is 6. The van der Waals surface area contributed by atoms with E-state index in [4.69, 9.17) is 17.2 Å². The van der Waals surface area contributed by atoms with E-state index >= 15 is 0 Å². The highest BCUT2D eigenvalue weighted by Gasteiger charge is 2.21. The lowest BCUT2D eigenvalue weighted by atomic mass is 9.99. The van der Waals surface area contributed by atoms with Crippen molar-refractivity contribution >= 4 is 46.2 Å². The van der Waals surface area contributed by atoms with Crippen molar-refractivity contribution in [2.45, 2.75) is 186 Å². The summed E-state index contributed by atoms with van der Waals surface area (Å²) in [4.78, 5) is 79.5. The predicted octanol–water partition coefficient (Wildman–Crippen LogP) is 4.05. The number of rotatable bonds is 33. The van der Waals surface area contributed by atoms with Crippen LogP contribution in [-0.2, 0) is 35.2 Å². The molecule has 1 heterocycles. The molecule has 2 aromatic rings. The molecule has 0 radical (unpaired) electrons. The van der Waals surface area contributed by atoms with Crippen LogP contribution in [0.2, 0.25) is 0 Å². The van der Waals surface area contributed by atoms with Crippen LogP contribution in [0.3, 0.4) is 0 Å². The molecule has 0 aliphatic carbocycles. The van der Waals surface area contributed by atoms with Gasteiger partial charge >= 0.3 is 0 Å². The Morgan fingerprint density at radius 3 is 1.48 bits per heavy atom. The van der Waals surface area contributed by atoms with Gasteiger partial charge in [-0.05, 0) is 123 Å². The monoisotopic (exact) mass is 840 g/mol. The van der Waals surface area contributed by atoms with Crippen LogP contribution in [0, 0.1) is 0 Å². The van der Waals surface area contributed by atoms with Crippen LogP contribution >= 0.6 is 0 Å². The number of nitrogens with two attached hydrogens (primary N) is 3. The average Bonchev–Trinajstić information content (AvgIpc) is 3.61. The first-order valence-electron chi connectivity index (χ1n) is 22.4. The summed E-state index contributed by atoms with van der Waals surface area (Å²) in [6.07, 6.45) is 11.8. The maximum Gasteiger partial charge on any atom is 0.220 e. The molecule has 2 rings (SSSR count). The minimum absolute atomic E-state index is 0.0606. The summed E-state index contributed by atoms with van der Waals surface area (Å²) in [5, 5.41) is 16.4. The Morgan fingerprint density at radius 1 is 0.550 bits per heavy atom. The minimum Gasteiger partial charge on any atom is -0.361 e. The molecule has 0 saturated heterocycles. The van der Waals surface area contributed by atoms with Gasteiger partial charge < -0.3 is 53.6 Å². The number of aromatic nitrogens is 1. The summed E-state index contributed by atoms with van der Waals surface area (Å²) < 4.78 is 0. The van der Waals surface area contributed by atoms with Gasteiger partial charge in [-0.1, -0.05) is 31.0 Å². The highest BCUT2D eigenvalue weighted by molar-refractivity contribution is 5.84. The molecule has 5 amide bonds. The summed E-state index contributed by atoms with van der Waals surface area (Å²) in [6.45, 7) is 8.26. The Hall–Kier alpha value is -4.34. The van der Waals surface area contributed by atoms with Crippen LogP contribution in [0.5, 0.6) is 0 Å². The van der Waals surface area contributed by atoms with Crippen molar-refractivity contribution in [2.24, 2.45) is 17.2 Å². The number of benzene rings is 1. The number of H-pyrrole nitrogens is 1. The summed E-state index contributed by atoms with van der Waals surface area (Å²) in [5.41, 5.74) is 19.3. The van der Waals surface area contributed by atoms with Gasteiger partial charge in [-0.15, -0.1) is 0 Å². The highest BCUT2D eigenvalue weighted by atomic mass is 16.2. The van der Waals surface area contributed by atoms with E-state index in [2.05, 4.69) is 31.6 Å². The molecule has 0 aliphatic heterocycles. The number of amides is 5. The molecule has 0 unspecified atom stereocenters. The van der Waals surface area contributed by atoms with Crippen molar-refractivity contribution in [1.82, 2.24) is 31.6 Å². The van der Waals surface area contributed by atoms with Crippen LogP contribution < -0.4 is 43.8 Å². The Bertz CT molecular complexity index is 1600. The standard InChI is InChI=1S/C45H77N9O6/c1-31(48)15-22-43(58)52-36(11-7-9-27-46)19-24-41(56)51-33(3)17-23-44(59)53-37(12-8-10-28-47)20-25-45(60)54-38(21-26-42(57)50-32(2)16-18-34(4)55)29-35-30-49-40-14-6-5-13-39(35)40/h5-6,13-14,30-33,36-38,49H,7-12,15-29,46-48H2,1-4H3,(H,50,57)(H,51,56)(H,52,58)(H,53,59)(H,54,60)/t31-,32-,33-,36-,37-,38+/m0/s1. The van der Waals surface area contributed by atoms with Crippen LogP contribution in [0.1, 0.15) is 149 Å². The van der Waals surface area contributed by atoms with Crippen molar-refractivity contribution in [3.63, 3.8) is 0 Å². The molecule has 6 atom stereocenters. The number of para-hydroxylation sites is 1. The molecular formula is C45H77N9O6. The molecule has 0 fully saturated rings. The fourth-order valence-corrected chi connectivity index (χ4v) is 7.22. The topological polar surface area (TPSA) is 256 Å². The summed E-state index contributed by atoms with van der Waals surface area (Å²) in [7, 11) is 0. The zero-order chi connectivity index (χ0) is 44.3. The van der Waals surface area contributed by atoms with Crippen molar-refractivity contribution in [3.05, 3.63) is 36.0 Å². The van der Waals surface area contributed by atoms with Crippen molar-refractivity contribution < 1.29 is 28.8 Å². The van der Waals surface area contributed by atoms with Crippen molar-refractivity contribution in [1.29, 1.82) is 0 Å². The van der Waals surface area contributed by atoms with Crippen LogP contribution in [0.4, 0.5) is 0 Å². The van der Waals surface area contributed by atoms with E-state index in [1.54, 1.807) is 0 Å². The minimum atomic E-state index is -0.303. The van der Waals surface area contributed by atoms with Crippen LogP contribution in [0.25, 0.3) is 10.9 Å². The van der Waals surface area contributed by atoms with Gasteiger partial charge in [0, 0.05) is 91.9 Å². The van der Waals surface area contributed by atoms with E-state index in [-0.39, 0.29) is 97.3 Å². The van der Waals surface area contributed by atoms with Gasteiger partial charge in [0.2, 0.25) is 29.5 Å². The van der Waals surface area contributed by atoms with E-state index in [0.717, 1.165) is 48.6 Å². The molecule has 0 bridgehead atoms. The molecule has 338 valence electrons.